The van der Waals surface area contributed by atoms with Gasteiger partial charge in [0.1, 0.15) is 11.3 Å². The van der Waals surface area contributed by atoms with E-state index in [1.165, 1.54) is 14.2 Å². The minimum Gasteiger partial charge on any atom is -0.496 e. The second-order valence-electron chi connectivity index (χ2n) is 7.03. The smallest absolute Gasteiger partial charge is 0.341 e. The van der Waals surface area contributed by atoms with E-state index in [4.69, 9.17) is 9.47 Å². The molecule has 0 spiro atoms. The third-order valence-electron chi connectivity index (χ3n) is 4.64. The molecule has 0 saturated carbocycles. The highest BCUT2D eigenvalue weighted by atomic mass is 127. The van der Waals surface area contributed by atoms with Crippen LogP contribution in [-0.2, 0) is 17.7 Å². The van der Waals surface area contributed by atoms with Gasteiger partial charge < -0.3 is 25.0 Å². The van der Waals surface area contributed by atoms with Crippen molar-refractivity contribution in [2.45, 2.75) is 13.0 Å². The number of aliphatic imine (C=N–C) groups is 1. The van der Waals surface area contributed by atoms with E-state index in [-0.39, 0.29) is 29.9 Å². The number of nitrogens with one attached hydrogen (secondary N) is 2. The highest BCUT2D eigenvalue weighted by Crippen LogP contribution is 2.20. The second-order valence-corrected chi connectivity index (χ2v) is 7.03. The molecule has 0 aliphatic rings. The number of methoxy groups -OCH3 is 2. The predicted molar refractivity (Wildman–Crippen MR) is 136 cm³/mol. The van der Waals surface area contributed by atoms with Crippen molar-refractivity contribution in [3.8, 4) is 5.75 Å². The van der Waals surface area contributed by atoms with Crippen LogP contribution in [0.5, 0.6) is 5.75 Å². The molecule has 2 aromatic carbocycles. The van der Waals surface area contributed by atoms with Gasteiger partial charge in [0.2, 0.25) is 0 Å². The Hall–Kier alpha value is -2.82. The number of hydrogen-bond donors (Lipinski definition) is 2. The van der Waals surface area contributed by atoms with Crippen LogP contribution >= 0.6 is 24.0 Å². The number of guanidine groups is 1. The van der Waals surface area contributed by atoms with Crippen molar-refractivity contribution < 1.29 is 19.1 Å². The van der Waals surface area contributed by atoms with Crippen molar-refractivity contribution in [3.63, 3.8) is 0 Å². The highest BCUT2D eigenvalue weighted by molar-refractivity contribution is 14.0. The first-order chi connectivity index (χ1) is 14.9. The van der Waals surface area contributed by atoms with Gasteiger partial charge in [0.05, 0.1) is 14.2 Å². The monoisotopic (exact) mass is 554 g/mol. The summed E-state index contributed by atoms with van der Waals surface area (Å²) in [6, 6.07) is 13.0. The number of nitrogens with zero attached hydrogens (tertiary/aromatic N) is 2. The second kappa shape index (κ2) is 13.6. The Morgan fingerprint density at radius 2 is 1.78 bits per heavy atom. The van der Waals surface area contributed by atoms with Crippen molar-refractivity contribution in [1.29, 1.82) is 0 Å². The molecule has 0 heterocycles. The van der Waals surface area contributed by atoms with Gasteiger partial charge in [-0.3, -0.25) is 9.79 Å². The number of rotatable bonds is 8. The lowest BCUT2D eigenvalue weighted by atomic mass is 10.1. The molecule has 0 aromatic heterocycles. The molecular formula is C23H31IN4O4. The van der Waals surface area contributed by atoms with Gasteiger partial charge in [-0.2, -0.15) is 0 Å². The molecule has 0 saturated heterocycles. The van der Waals surface area contributed by atoms with Crippen molar-refractivity contribution in [2.24, 2.45) is 4.99 Å². The van der Waals surface area contributed by atoms with Crippen LogP contribution in [-0.4, -0.2) is 64.6 Å². The number of amides is 1. The molecule has 0 aliphatic heterocycles. The Bertz CT molecular complexity index is 947. The zero-order valence-corrected chi connectivity index (χ0v) is 21.4. The fourth-order valence-electron chi connectivity index (χ4n) is 2.98. The Morgan fingerprint density at radius 3 is 2.41 bits per heavy atom. The van der Waals surface area contributed by atoms with Crippen molar-refractivity contribution in [1.82, 2.24) is 15.5 Å². The van der Waals surface area contributed by atoms with Crippen LogP contribution < -0.4 is 15.4 Å². The molecule has 8 nitrogen and oxygen atoms in total. The molecule has 0 radical (unpaired) electrons. The lowest BCUT2D eigenvalue weighted by molar-refractivity contribution is 0.0596. The van der Waals surface area contributed by atoms with Crippen LogP contribution in [0.15, 0.2) is 47.5 Å². The molecule has 2 rings (SSSR count). The third-order valence-corrected chi connectivity index (χ3v) is 4.64. The zero-order chi connectivity index (χ0) is 22.8. The first kappa shape index (κ1) is 27.2. The van der Waals surface area contributed by atoms with Gasteiger partial charge in [-0.1, -0.05) is 18.2 Å². The van der Waals surface area contributed by atoms with E-state index < -0.39 is 5.97 Å². The first-order valence-electron chi connectivity index (χ1n) is 9.90. The summed E-state index contributed by atoms with van der Waals surface area (Å²) in [4.78, 5) is 29.8. The van der Waals surface area contributed by atoms with E-state index in [2.05, 4.69) is 15.6 Å². The molecule has 0 bridgehead atoms. The summed E-state index contributed by atoms with van der Waals surface area (Å²) in [5, 5.41) is 6.48. The number of carbonyl (C=O) groups is 2. The van der Waals surface area contributed by atoms with Gasteiger partial charge in [0, 0.05) is 39.8 Å². The summed E-state index contributed by atoms with van der Waals surface area (Å²) < 4.78 is 10.0. The summed E-state index contributed by atoms with van der Waals surface area (Å²) in [5.74, 6) is 0.637. The van der Waals surface area contributed by atoms with Crippen LogP contribution in [0, 0.1) is 0 Å². The summed E-state index contributed by atoms with van der Waals surface area (Å²) in [6.45, 7) is 1.12. The Kier molecular flexibility index (Phi) is 11.5. The standard InChI is InChI=1S/C23H30N4O4.HI/c1-24-23(25-12-11-16-7-6-8-18(13-16)21(28)27(2)3)26-15-17-9-10-20(30-4)19(14-17)22(29)31-5;/h6-10,13-14H,11-12,15H2,1-5H3,(H2,24,25,26);1H. The van der Waals surface area contributed by atoms with Gasteiger partial charge in [0.25, 0.3) is 5.91 Å². The molecule has 0 fully saturated rings. The molecule has 1 amide bonds. The maximum absolute atomic E-state index is 12.1. The lowest BCUT2D eigenvalue weighted by Crippen LogP contribution is -2.37. The largest absolute Gasteiger partial charge is 0.496 e. The van der Waals surface area contributed by atoms with Crippen molar-refractivity contribution in [3.05, 3.63) is 64.7 Å². The van der Waals surface area contributed by atoms with E-state index in [0.717, 1.165) is 17.5 Å². The fourth-order valence-corrected chi connectivity index (χ4v) is 2.98. The van der Waals surface area contributed by atoms with E-state index in [1.807, 2.05) is 30.3 Å². The molecule has 0 aliphatic carbocycles. The molecule has 9 heteroatoms. The molecular weight excluding hydrogens is 523 g/mol. The molecule has 0 unspecified atom stereocenters. The van der Waals surface area contributed by atoms with Crippen LogP contribution in [0.1, 0.15) is 31.8 Å². The van der Waals surface area contributed by atoms with E-state index in [9.17, 15) is 9.59 Å². The van der Waals surface area contributed by atoms with Crippen LogP contribution in [0.2, 0.25) is 0 Å². The fraction of sp³-hybridized carbons (Fsp3) is 0.348. The zero-order valence-electron chi connectivity index (χ0n) is 19.1. The number of esters is 1. The SMILES string of the molecule is CN=C(NCCc1cccc(C(=O)N(C)C)c1)NCc1ccc(OC)c(C(=O)OC)c1.I. The summed E-state index contributed by atoms with van der Waals surface area (Å²) in [7, 11) is 8.02. The molecule has 0 atom stereocenters. The van der Waals surface area contributed by atoms with E-state index in [1.54, 1.807) is 38.2 Å². The van der Waals surface area contributed by atoms with Gasteiger partial charge >= 0.3 is 5.97 Å². The maximum Gasteiger partial charge on any atom is 0.341 e. The lowest BCUT2D eigenvalue weighted by Gasteiger charge is -2.14. The summed E-state index contributed by atoms with van der Waals surface area (Å²) in [6.07, 6.45) is 0.740. The van der Waals surface area contributed by atoms with Crippen molar-refractivity contribution >= 4 is 41.8 Å². The first-order valence-corrected chi connectivity index (χ1v) is 9.90. The quantitative estimate of drug-likeness (QED) is 0.226. The molecule has 32 heavy (non-hydrogen) atoms. The van der Waals surface area contributed by atoms with Gasteiger partial charge in [-0.25, -0.2) is 4.79 Å². The van der Waals surface area contributed by atoms with E-state index >= 15 is 0 Å². The predicted octanol–water partition coefficient (Wildman–Crippen LogP) is 2.71. The Labute approximate surface area is 206 Å². The third kappa shape index (κ3) is 7.70. The number of benzene rings is 2. The van der Waals surface area contributed by atoms with Gasteiger partial charge in [-0.05, 0) is 41.8 Å². The maximum atomic E-state index is 12.1. The van der Waals surface area contributed by atoms with Gasteiger partial charge in [0.15, 0.2) is 5.96 Å². The van der Waals surface area contributed by atoms with Crippen LogP contribution in [0.4, 0.5) is 0 Å². The van der Waals surface area contributed by atoms with Crippen LogP contribution in [0.25, 0.3) is 0 Å². The van der Waals surface area contributed by atoms with E-state index in [0.29, 0.717) is 35.9 Å². The Morgan fingerprint density at radius 1 is 1.03 bits per heavy atom. The molecule has 2 N–H and O–H groups in total. The Balaban J connectivity index is 0.00000512. The summed E-state index contributed by atoms with van der Waals surface area (Å²) in [5.41, 5.74) is 3.00. The average molecular weight is 554 g/mol. The average Bonchev–Trinajstić information content (AvgIpc) is 2.80. The van der Waals surface area contributed by atoms with Crippen LogP contribution in [0.3, 0.4) is 0 Å². The normalized spacial score (nSPS) is 10.6. The number of carbonyl (C=O) groups excluding carboxylic acids is 2. The molecule has 174 valence electrons. The number of halogens is 1. The minimum absolute atomic E-state index is 0. The van der Waals surface area contributed by atoms with Gasteiger partial charge in [-0.15, -0.1) is 24.0 Å². The molecule has 2 aromatic rings. The summed E-state index contributed by atoms with van der Waals surface area (Å²) >= 11 is 0. The van der Waals surface area contributed by atoms with Crippen molar-refractivity contribution in [2.75, 3.05) is 41.9 Å². The highest BCUT2D eigenvalue weighted by Gasteiger charge is 2.13. The number of ether oxygens (including phenoxy) is 2. The number of hydrogen-bond acceptors (Lipinski definition) is 5. The minimum atomic E-state index is -0.448. The topological polar surface area (TPSA) is 92.3 Å².